The first-order chi connectivity index (χ1) is 14.1. The maximum atomic E-state index is 11.4. The minimum absolute atomic E-state index is 0.334. The molecule has 152 valence electrons. The summed E-state index contributed by atoms with van der Waals surface area (Å²) in [5.41, 5.74) is 3.52. The van der Waals surface area contributed by atoms with Crippen molar-refractivity contribution in [3.63, 3.8) is 0 Å². The Morgan fingerprint density at radius 3 is 2.59 bits per heavy atom. The Labute approximate surface area is 178 Å². The van der Waals surface area contributed by atoms with Crippen molar-refractivity contribution in [3.05, 3.63) is 64.7 Å². The highest BCUT2D eigenvalue weighted by Gasteiger charge is 2.30. The molecule has 2 atom stereocenters. The quantitative estimate of drug-likeness (QED) is 0.454. The highest BCUT2D eigenvalue weighted by atomic mass is 32.2. The molecule has 3 rings (SSSR count). The Balaban J connectivity index is 1.80. The fourth-order valence-corrected chi connectivity index (χ4v) is 5.61. The van der Waals surface area contributed by atoms with Gasteiger partial charge >= 0.3 is 5.97 Å². The number of carboxylic acid groups (broad SMARTS) is 1. The number of carbonyl (C=O) groups is 1. The number of aryl methyl sites for hydroxylation is 1. The molecule has 0 radical (unpaired) electrons. The highest BCUT2D eigenvalue weighted by molar-refractivity contribution is 7.99. The van der Waals surface area contributed by atoms with Gasteiger partial charge in [-0.15, -0.1) is 11.8 Å². The van der Waals surface area contributed by atoms with Crippen LogP contribution in [0.2, 0.25) is 0 Å². The standard InChI is InChI=1S/C25H29NO2S/c1-2-3-4-5-6-7-19-10-11-20-16-21(25(27)28)12-15-23(20)24(19)29-22-13-8-18(17-26)9-14-22/h8-9,12-16,19,24H,2-7,10-11H2,1H3,(H,27,28). The summed E-state index contributed by atoms with van der Waals surface area (Å²) in [5.74, 6) is -0.261. The molecule has 0 saturated carbocycles. The average Bonchev–Trinajstić information content (AvgIpc) is 2.74. The summed E-state index contributed by atoms with van der Waals surface area (Å²) in [6.07, 6.45) is 9.74. The Hall–Kier alpha value is -2.25. The molecule has 2 aromatic carbocycles. The second-order valence-electron chi connectivity index (χ2n) is 7.90. The minimum atomic E-state index is -0.859. The first-order valence-corrected chi connectivity index (χ1v) is 11.5. The van der Waals surface area contributed by atoms with Crippen LogP contribution in [0, 0.1) is 17.2 Å². The largest absolute Gasteiger partial charge is 0.478 e. The van der Waals surface area contributed by atoms with E-state index in [-0.39, 0.29) is 0 Å². The SMILES string of the molecule is CCCCCCCC1CCc2cc(C(=O)O)ccc2C1Sc1ccc(C#N)cc1. The van der Waals surface area contributed by atoms with E-state index < -0.39 is 5.97 Å². The smallest absolute Gasteiger partial charge is 0.335 e. The summed E-state index contributed by atoms with van der Waals surface area (Å²) in [6.45, 7) is 2.24. The van der Waals surface area contributed by atoms with E-state index in [2.05, 4.69) is 13.0 Å². The lowest BCUT2D eigenvalue weighted by Gasteiger charge is -2.34. The third-order valence-corrected chi connectivity index (χ3v) is 7.27. The molecule has 1 aliphatic rings. The molecule has 29 heavy (non-hydrogen) atoms. The molecule has 1 aliphatic carbocycles. The van der Waals surface area contributed by atoms with E-state index in [9.17, 15) is 9.90 Å². The fraction of sp³-hybridized carbons (Fsp3) is 0.440. The van der Waals surface area contributed by atoms with Crippen molar-refractivity contribution in [2.24, 2.45) is 5.92 Å². The number of rotatable bonds is 9. The number of aromatic carboxylic acids is 1. The lowest BCUT2D eigenvalue weighted by Crippen LogP contribution is -2.19. The van der Waals surface area contributed by atoms with E-state index in [1.165, 1.54) is 54.5 Å². The van der Waals surface area contributed by atoms with Gasteiger partial charge in [0.2, 0.25) is 0 Å². The van der Waals surface area contributed by atoms with E-state index in [0.717, 1.165) is 12.8 Å². The van der Waals surface area contributed by atoms with Crippen LogP contribution in [0.4, 0.5) is 0 Å². The zero-order valence-electron chi connectivity index (χ0n) is 17.1. The van der Waals surface area contributed by atoms with E-state index >= 15 is 0 Å². The third kappa shape index (κ3) is 5.64. The van der Waals surface area contributed by atoms with Gasteiger partial charge in [-0.25, -0.2) is 4.79 Å². The van der Waals surface area contributed by atoms with Gasteiger partial charge in [-0.3, -0.25) is 0 Å². The maximum Gasteiger partial charge on any atom is 0.335 e. The molecular formula is C25H29NO2S. The van der Waals surface area contributed by atoms with E-state index in [0.29, 0.717) is 22.3 Å². The normalized spacial score (nSPS) is 18.1. The molecule has 0 fully saturated rings. The second kappa shape index (κ2) is 10.5. The van der Waals surface area contributed by atoms with Crippen LogP contribution >= 0.6 is 11.8 Å². The number of carboxylic acids is 1. The Morgan fingerprint density at radius 1 is 1.14 bits per heavy atom. The Bertz CT molecular complexity index is 869. The number of nitrogens with zero attached hydrogens (tertiary/aromatic N) is 1. The van der Waals surface area contributed by atoms with Crippen LogP contribution in [0.3, 0.4) is 0 Å². The second-order valence-corrected chi connectivity index (χ2v) is 9.11. The van der Waals surface area contributed by atoms with Crippen molar-refractivity contribution in [1.29, 1.82) is 5.26 Å². The van der Waals surface area contributed by atoms with Crippen molar-refractivity contribution in [2.75, 3.05) is 0 Å². The zero-order chi connectivity index (χ0) is 20.6. The summed E-state index contributed by atoms with van der Waals surface area (Å²) in [7, 11) is 0. The maximum absolute atomic E-state index is 11.4. The fourth-order valence-electron chi connectivity index (χ4n) is 4.20. The van der Waals surface area contributed by atoms with E-state index in [1.54, 1.807) is 6.07 Å². The van der Waals surface area contributed by atoms with Gasteiger partial charge < -0.3 is 5.11 Å². The van der Waals surface area contributed by atoms with Crippen LogP contribution in [0.1, 0.15) is 84.2 Å². The van der Waals surface area contributed by atoms with E-state index in [4.69, 9.17) is 5.26 Å². The number of thioether (sulfide) groups is 1. The topological polar surface area (TPSA) is 61.1 Å². The molecule has 0 spiro atoms. The molecule has 1 N–H and O–H groups in total. The van der Waals surface area contributed by atoms with Crippen molar-refractivity contribution >= 4 is 17.7 Å². The van der Waals surface area contributed by atoms with Gasteiger partial charge in [-0.1, -0.05) is 45.1 Å². The molecule has 0 bridgehead atoms. The number of hydrogen-bond donors (Lipinski definition) is 1. The van der Waals surface area contributed by atoms with Crippen molar-refractivity contribution in [3.8, 4) is 6.07 Å². The van der Waals surface area contributed by atoms with Gasteiger partial charge in [0.1, 0.15) is 0 Å². The third-order valence-electron chi connectivity index (χ3n) is 5.83. The lowest BCUT2D eigenvalue weighted by molar-refractivity contribution is 0.0696. The molecule has 2 unspecified atom stereocenters. The van der Waals surface area contributed by atoms with Crippen molar-refractivity contribution in [1.82, 2.24) is 0 Å². The van der Waals surface area contributed by atoms with Gasteiger partial charge in [0.05, 0.1) is 17.2 Å². The van der Waals surface area contributed by atoms with Gasteiger partial charge in [0.25, 0.3) is 0 Å². The van der Waals surface area contributed by atoms with Crippen LogP contribution in [0.25, 0.3) is 0 Å². The molecule has 0 heterocycles. The molecule has 0 amide bonds. The summed E-state index contributed by atoms with van der Waals surface area (Å²) in [6, 6.07) is 15.6. The number of unbranched alkanes of at least 4 members (excludes halogenated alkanes) is 4. The summed E-state index contributed by atoms with van der Waals surface area (Å²) in [4.78, 5) is 12.5. The summed E-state index contributed by atoms with van der Waals surface area (Å²) >= 11 is 1.86. The number of nitriles is 1. The van der Waals surface area contributed by atoms with Crippen LogP contribution in [-0.4, -0.2) is 11.1 Å². The van der Waals surface area contributed by atoms with Gasteiger partial charge in [-0.2, -0.15) is 5.26 Å². The highest BCUT2D eigenvalue weighted by Crippen LogP contribution is 2.48. The van der Waals surface area contributed by atoms with Gasteiger partial charge in [0.15, 0.2) is 0 Å². The van der Waals surface area contributed by atoms with Crippen LogP contribution in [0.15, 0.2) is 47.4 Å². The number of fused-ring (bicyclic) bond motifs is 1. The number of benzene rings is 2. The monoisotopic (exact) mass is 407 g/mol. The molecule has 4 heteroatoms. The van der Waals surface area contributed by atoms with Crippen molar-refractivity contribution < 1.29 is 9.90 Å². The lowest BCUT2D eigenvalue weighted by atomic mass is 9.80. The molecule has 0 aromatic heterocycles. The minimum Gasteiger partial charge on any atom is -0.478 e. The first-order valence-electron chi connectivity index (χ1n) is 10.6. The van der Waals surface area contributed by atoms with Gasteiger partial charge in [0, 0.05) is 10.1 Å². The Kier molecular flexibility index (Phi) is 7.77. The summed E-state index contributed by atoms with van der Waals surface area (Å²) in [5, 5.41) is 18.7. The molecule has 2 aromatic rings. The first kappa shape index (κ1) is 21.5. The predicted molar refractivity (Wildman–Crippen MR) is 118 cm³/mol. The van der Waals surface area contributed by atoms with Crippen LogP contribution < -0.4 is 0 Å². The summed E-state index contributed by atoms with van der Waals surface area (Å²) < 4.78 is 0. The zero-order valence-corrected chi connectivity index (χ0v) is 17.9. The van der Waals surface area contributed by atoms with Crippen LogP contribution in [0.5, 0.6) is 0 Å². The molecule has 3 nitrogen and oxygen atoms in total. The Morgan fingerprint density at radius 2 is 1.90 bits per heavy atom. The molecule has 0 aliphatic heterocycles. The average molecular weight is 408 g/mol. The molecular weight excluding hydrogens is 378 g/mol. The predicted octanol–water partition coefficient (Wildman–Crippen LogP) is 7.01. The van der Waals surface area contributed by atoms with Crippen LogP contribution in [-0.2, 0) is 6.42 Å². The van der Waals surface area contributed by atoms with E-state index in [1.807, 2.05) is 48.2 Å². The molecule has 0 saturated heterocycles. The number of hydrogen-bond acceptors (Lipinski definition) is 3. The van der Waals surface area contributed by atoms with Crippen molar-refractivity contribution in [2.45, 2.75) is 68.4 Å². The van der Waals surface area contributed by atoms with Gasteiger partial charge in [-0.05, 0) is 72.7 Å².